The molecular formula is C22H32N3O2+. The van der Waals surface area contributed by atoms with E-state index in [1.54, 1.807) is 0 Å². The number of anilines is 1. The van der Waals surface area contributed by atoms with Crippen LogP contribution in [0.3, 0.4) is 0 Å². The third-order valence-corrected chi connectivity index (χ3v) is 4.70. The number of nitrogens with one attached hydrogen (secondary N) is 2. The Labute approximate surface area is 162 Å². The summed E-state index contributed by atoms with van der Waals surface area (Å²) >= 11 is 0. The van der Waals surface area contributed by atoms with E-state index in [0.717, 1.165) is 21.4 Å². The van der Waals surface area contributed by atoms with Crippen molar-refractivity contribution in [3.63, 3.8) is 0 Å². The summed E-state index contributed by atoms with van der Waals surface area (Å²) in [5.74, 6) is -0.0252. The van der Waals surface area contributed by atoms with Crippen LogP contribution in [0.2, 0.25) is 0 Å². The van der Waals surface area contributed by atoms with Crippen molar-refractivity contribution in [2.75, 3.05) is 25.0 Å². The average Bonchev–Trinajstić information content (AvgIpc) is 2.60. The lowest BCUT2D eigenvalue weighted by molar-refractivity contribution is -0.885. The number of amides is 2. The van der Waals surface area contributed by atoms with Gasteiger partial charge in [0, 0.05) is 17.5 Å². The van der Waals surface area contributed by atoms with E-state index in [1.165, 1.54) is 0 Å². The minimum absolute atomic E-state index is 0.0231. The van der Waals surface area contributed by atoms with E-state index in [-0.39, 0.29) is 29.9 Å². The van der Waals surface area contributed by atoms with Gasteiger partial charge in [-0.25, -0.2) is 0 Å². The highest BCUT2D eigenvalue weighted by molar-refractivity contribution is 6.04. The summed E-state index contributed by atoms with van der Waals surface area (Å²) in [6, 6.07) is 13.8. The minimum atomic E-state index is -0.324. The highest BCUT2D eigenvalue weighted by atomic mass is 16.2. The van der Waals surface area contributed by atoms with Crippen LogP contribution in [0.4, 0.5) is 5.69 Å². The second-order valence-electron chi connectivity index (χ2n) is 8.12. The Morgan fingerprint density at radius 3 is 2.37 bits per heavy atom. The van der Waals surface area contributed by atoms with Crippen LogP contribution in [0.5, 0.6) is 0 Å². The molecule has 5 heteroatoms. The van der Waals surface area contributed by atoms with Crippen LogP contribution in [0.1, 0.15) is 34.6 Å². The van der Waals surface area contributed by atoms with Gasteiger partial charge in [-0.2, -0.15) is 0 Å². The molecule has 146 valence electrons. The van der Waals surface area contributed by atoms with E-state index in [4.69, 9.17) is 0 Å². The number of likely N-dealkylation sites (N-methyl/N-ethyl adjacent to an activating group) is 2. The van der Waals surface area contributed by atoms with E-state index < -0.39 is 0 Å². The van der Waals surface area contributed by atoms with Crippen LogP contribution < -0.4 is 15.1 Å². The van der Waals surface area contributed by atoms with Crippen LogP contribution in [-0.2, 0) is 9.59 Å². The topological polar surface area (TPSA) is 53.9 Å². The number of carbonyl (C=O) groups excluding carboxylic acids is 2. The van der Waals surface area contributed by atoms with Crippen molar-refractivity contribution < 1.29 is 14.5 Å². The Kier molecular flexibility index (Phi) is 6.60. The first-order chi connectivity index (χ1) is 12.6. The predicted molar refractivity (Wildman–Crippen MR) is 111 cm³/mol. The molecule has 0 heterocycles. The van der Waals surface area contributed by atoms with Crippen molar-refractivity contribution in [1.82, 2.24) is 5.32 Å². The van der Waals surface area contributed by atoms with Crippen LogP contribution in [0.15, 0.2) is 42.5 Å². The van der Waals surface area contributed by atoms with Gasteiger partial charge in [-0.15, -0.1) is 0 Å². The fourth-order valence-electron chi connectivity index (χ4n) is 3.20. The molecule has 0 bridgehead atoms. The number of hydrogen-bond donors (Lipinski definition) is 2. The summed E-state index contributed by atoms with van der Waals surface area (Å²) in [4.78, 5) is 28.1. The third-order valence-electron chi connectivity index (χ3n) is 4.70. The molecule has 0 aliphatic heterocycles. The maximum absolute atomic E-state index is 13.2. The summed E-state index contributed by atoms with van der Waals surface area (Å²) in [7, 11) is 1.89. The molecule has 0 spiro atoms. The molecule has 0 aliphatic rings. The molecular weight excluding hydrogens is 338 g/mol. The van der Waals surface area contributed by atoms with Crippen molar-refractivity contribution in [2.24, 2.45) is 0 Å². The first kappa shape index (κ1) is 20.9. The molecule has 2 N–H and O–H groups in total. The van der Waals surface area contributed by atoms with Crippen LogP contribution in [0, 0.1) is 0 Å². The zero-order chi connectivity index (χ0) is 20.2. The highest BCUT2D eigenvalue weighted by Gasteiger charge is 2.29. The Morgan fingerprint density at radius 1 is 1.11 bits per heavy atom. The van der Waals surface area contributed by atoms with Crippen molar-refractivity contribution in [1.29, 1.82) is 0 Å². The van der Waals surface area contributed by atoms with Gasteiger partial charge < -0.3 is 15.1 Å². The number of hydrogen-bond acceptors (Lipinski definition) is 2. The standard InChI is InChI=1S/C22H31N3O2/c1-7-25(19-14-10-12-17-11-8-9-13-18(17)19)21(27)16(2)24(6)15-20(26)23-22(3,4)5/h8-14,16H,7,15H2,1-6H3,(H,23,26)/p+1/t16-/m1/s1. The lowest BCUT2D eigenvalue weighted by Gasteiger charge is -2.29. The number of carbonyl (C=O) groups is 2. The largest absolute Gasteiger partial charge is 0.347 e. The second kappa shape index (κ2) is 8.53. The Morgan fingerprint density at radius 2 is 1.74 bits per heavy atom. The van der Waals surface area contributed by atoms with Gasteiger partial charge in [0.1, 0.15) is 0 Å². The van der Waals surface area contributed by atoms with Crippen LogP contribution in [0.25, 0.3) is 10.8 Å². The molecule has 1 unspecified atom stereocenters. The first-order valence-corrected chi connectivity index (χ1v) is 9.56. The van der Waals surface area contributed by atoms with Gasteiger partial charge in [-0.1, -0.05) is 36.4 Å². The fourth-order valence-corrected chi connectivity index (χ4v) is 3.20. The van der Waals surface area contributed by atoms with Gasteiger partial charge in [0.05, 0.1) is 12.7 Å². The minimum Gasteiger partial charge on any atom is -0.347 e. The zero-order valence-electron chi connectivity index (χ0n) is 17.3. The summed E-state index contributed by atoms with van der Waals surface area (Å²) in [6.07, 6.45) is 0. The van der Waals surface area contributed by atoms with Crippen molar-refractivity contribution >= 4 is 28.3 Å². The molecule has 0 aliphatic carbocycles. The highest BCUT2D eigenvalue weighted by Crippen LogP contribution is 2.26. The Hall–Kier alpha value is -2.40. The van der Waals surface area contributed by atoms with Crippen LogP contribution >= 0.6 is 0 Å². The lowest BCUT2D eigenvalue weighted by Crippen LogP contribution is -3.15. The Balaban J connectivity index is 2.19. The molecule has 2 atom stereocenters. The molecule has 0 saturated carbocycles. The Bertz CT molecular complexity index is 805. The molecule has 0 aromatic heterocycles. The van der Waals surface area contributed by atoms with Crippen molar-refractivity contribution in [3.8, 4) is 0 Å². The summed E-state index contributed by atoms with van der Waals surface area (Å²) in [5, 5.41) is 5.13. The number of nitrogens with zero attached hydrogens (tertiary/aromatic N) is 1. The van der Waals surface area contributed by atoms with E-state index in [0.29, 0.717) is 6.54 Å². The van der Waals surface area contributed by atoms with E-state index >= 15 is 0 Å². The molecule has 5 nitrogen and oxygen atoms in total. The van der Waals surface area contributed by atoms with E-state index in [1.807, 2.05) is 76.9 Å². The molecule has 0 radical (unpaired) electrons. The normalized spacial score (nSPS) is 13.9. The van der Waals surface area contributed by atoms with E-state index in [2.05, 4.69) is 17.4 Å². The molecule has 2 aromatic carbocycles. The maximum Gasteiger partial charge on any atom is 0.284 e. The van der Waals surface area contributed by atoms with Crippen molar-refractivity contribution in [3.05, 3.63) is 42.5 Å². The SMILES string of the molecule is CCN(C(=O)[C@@H](C)[NH+](C)CC(=O)NC(C)(C)C)c1cccc2ccccc12. The maximum atomic E-state index is 13.2. The summed E-state index contributed by atoms with van der Waals surface area (Å²) in [6.45, 7) is 10.6. The second-order valence-corrected chi connectivity index (χ2v) is 8.12. The number of rotatable bonds is 6. The molecule has 0 saturated heterocycles. The fraction of sp³-hybridized carbons (Fsp3) is 0.455. The first-order valence-electron chi connectivity index (χ1n) is 9.56. The van der Waals surface area contributed by atoms with Gasteiger partial charge in [-0.3, -0.25) is 9.59 Å². The molecule has 27 heavy (non-hydrogen) atoms. The number of benzene rings is 2. The molecule has 2 rings (SSSR count). The number of fused-ring (bicyclic) bond motifs is 1. The lowest BCUT2D eigenvalue weighted by atomic mass is 10.1. The van der Waals surface area contributed by atoms with E-state index in [9.17, 15) is 9.59 Å². The average molecular weight is 371 g/mol. The molecule has 2 aromatic rings. The summed E-state index contributed by atoms with van der Waals surface area (Å²) < 4.78 is 0. The van der Waals surface area contributed by atoms with Gasteiger partial charge in [0.2, 0.25) is 0 Å². The zero-order valence-corrected chi connectivity index (χ0v) is 17.3. The monoisotopic (exact) mass is 370 g/mol. The smallest absolute Gasteiger partial charge is 0.284 e. The summed E-state index contributed by atoms with van der Waals surface area (Å²) in [5.41, 5.74) is 0.641. The molecule has 2 amide bonds. The third kappa shape index (κ3) is 5.30. The van der Waals surface area contributed by atoms with Crippen molar-refractivity contribution in [2.45, 2.75) is 46.2 Å². The molecule has 0 fully saturated rings. The van der Waals surface area contributed by atoms with Gasteiger partial charge in [0.25, 0.3) is 11.8 Å². The van der Waals surface area contributed by atoms with Crippen LogP contribution in [-0.4, -0.2) is 43.5 Å². The quantitative estimate of drug-likeness (QED) is 0.817. The van der Waals surface area contributed by atoms with Gasteiger partial charge >= 0.3 is 0 Å². The van der Waals surface area contributed by atoms with Gasteiger partial charge in [-0.05, 0) is 46.1 Å². The predicted octanol–water partition coefficient (Wildman–Crippen LogP) is 2.01. The van der Waals surface area contributed by atoms with Gasteiger partial charge in [0.15, 0.2) is 12.6 Å². The number of quaternary nitrogens is 1.